The summed E-state index contributed by atoms with van der Waals surface area (Å²) < 4.78 is 5.68. The van der Waals surface area contributed by atoms with E-state index in [1.807, 2.05) is 42.5 Å². The second-order valence-electron chi connectivity index (χ2n) is 7.79. The molecule has 3 heterocycles. The van der Waals surface area contributed by atoms with Crippen LogP contribution in [0.15, 0.2) is 63.9 Å². The molecule has 1 saturated heterocycles. The maximum absolute atomic E-state index is 12.7. The molecule has 0 radical (unpaired) electrons. The molecule has 2 atom stereocenters. The number of hydrogen-bond donors (Lipinski definition) is 1. The van der Waals surface area contributed by atoms with Gasteiger partial charge in [0.15, 0.2) is 0 Å². The Morgan fingerprint density at radius 1 is 1.03 bits per heavy atom. The maximum Gasteiger partial charge on any atom is 0.345 e. The van der Waals surface area contributed by atoms with Crippen LogP contribution in [0.25, 0.3) is 33.3 Å². The lowest BCUT2D eigenvalue weighted by Gasteiger charge is -2.37. The van der Waals surface area contributed by atoms with Crippen LogP contribution in [0.1, 0.15) is 13.8 Å². The number of nitrogens with zero attached hydrogens (tertiary/aromatic N) is 3. The molecular weight excluding hydrogens is 364 g/mol. The van der Waals surface area contributed by atoms with Crippen molar-refractivity contribution in [2.45, 2.75) is 25.9 Å². The normalized spacial score (nSPS) is 19.7. The number of piperazine rings is 1. The van der Waals surface area contributed by atoms with Crippen LogP contribution in [0, 0.1) is 0 Å². The maximum atomic E-state index is 12.7. The summed E-state index contributed by atoms with van der Waals surface area (Å²) in [5.41, 5.74) is 3.75. The van der Waals surface area contributed by atoms with E-state index in [0.717, 1.165) is 35.2 Å². The minimum atomic E-state index is -0.402. The van der Waals surface area contributed by atoms with Crippen molar-refractivity contribution in [1.82, 2.24) is 15.3 Å². The Balaban J connectivity index is 1.55. The molecule has 0 spiro atoms. The summed E-state index contributed by atoms with van der Waals surface area (Å²) >= 11 is 0. The first kappa shape index (κ1) is 17.8. The summed E-state index contributed by atoms with van der Waals surface area (Å²) in [5, 5.41) is 4.41. The molecule has 0 unspecified atom stereocenters. The number of aromatic nitrogens is 2. The molecule has 0 amide bonds. The highest BCUT2D eigenvalue weighted by molar-refractivity contribution is 5.85. The van der Waals surface area contributed by atoms with Crippen molar-refractivity contribution in [2.75, 3.05) is 18.0 Å². The van der Waals surface area contributed by atoms with Gasteiger partial charge in [-0.25, -0.2) is 9.78 Å². The standard InChI is InChI=1S/C23H22N4O2/c1-14-12-27(13-15(2)25-14)17-8-7-16-9-18(23(28)29-22(16)10-17)21-11-24-19-5-3-4-6-20(19)26-21/h3-11,14-15,25H,12-13H2,1-2H3/t14-,15+. The van der Waals surface area contributed by atoms with E-state index in [4.69, 9.17) is 4.42 Å². The quantitative estimate of drug-likeness (QED) is 0.531. The molecule has 4 aromatic rings. The highest BCUT2D eigenvalue weighted by Gasteiger charge is 2.21. The molecule has 2 aromatic heterocycles. The Morgan fingerprint density at radius 2 is 1.79 bits per heavy atom. The van der Waals surface area contributed by atoms with E-state index in [1.165, 1.54) is 0 Å². The minimum Gasteiger partial charge on any atom is -0.422 e. The van der Waals surface area contributed by atoms with Crippen molar-refractivity contribution in [3.05, 3.63) is 65.1 Å². The van der Waals surface area contributed by atoms with Gasteiger partial charge in [0.2, 0.25) is 0 Å². The molecule has 6 heteroatoms. The number of fused-ring (bicyclic) bond motifs is 2. The first-order valence-electron chi connectivity index (χ1n) is 9.88. The lowest BCUT2D eigenvalue weighted by Crippen LogP contribution is -2.54. The molecular formula is C23H22N4O2. The smallest absolute Gasteiger partial charge is 0.345 e. The van der Waals surface area contributed by atoms with Gasteiger partial charge in [0, 0.05) is 42.3 Å². The van der Waals surface area contributed by atoms with Crippen molar-refractivity contribution in [2.24, 2.45) is 0 Å². The van der Waals surface area contributed by atoms with Crippen LogP contribution in [-0.2, 0) is 0 Å². The second kappa shape index (κ2) is 6.97. The number of hydrogen-bond acceptors (Lipinski definition) is 6. The van der Waals surface area contributed by atoms with Crippen molar-refractivity contribution < 1.29 is 4.42 Å². The summed E-state index contributed by atoms with van der Waals surface area (Å²) in [7, 11) is 0. The van der Waals surface area contributed by atoms with Gasteiger partial charge in [-0.2, -0.15) is 0 Å². The Kier molecular flexibility index (Phi) is 4.28. The average Bonchev–Trinajstić information content (AvgIpc) is 2.72. The molecule has 5 rings (SSSR count). The molecule has 0 bridgehead atoms. The van der Waals surface area contributed by atoms with Crippen molar-refractivity contribution in [1.29, 1.82) is 0 Å². The first-order chi connectivity index (χ1) is 14.1. The van der Waals surface area contributed by atoms with E-state index >= 15 is 0 Å². The number of benzene rings is 2. The van der Waals surface area contributed by atoms with Crippen LogP contribution in [0.5, 0.6) is 0 Å². The SMILES string of the molecule is C[C@@H]1CN(c2ccc3cc(-c4cnc5ccccc5n4)c(=O)oc3c2)C[C@H](C)N1. The van der Waals surface area contributed by atoms with Gasteiger partial charge in [-0.3, -0.25) is 4.98 Å². The Labute approximate surface area is 168 Å². The molecule has 6 nitrogen and oxygen atoms in total. The zero-order chi connectivity index (χ0) is 20.0. The van der Waals surface area contributed by atoms with E-state index in [-0.39, 0.29) is 0 Å². The molecule has 0 aliphatic carbocycles. The fourth-order valence-corrected chi connectivity index (χ4v) is 4.10. The number of rotatable bonds is 2. The van der Waals surface area contributed by atoms with Crippen molar-refractivity contribution in [3.63, 3.8) is 0 Å². The Morgan fingerprint density at radius 3 is 2.59 bits per heavy atom. The monoisotopic (exact) mass is 386 g/mol. The fraction of sp³-hybridized carbons (Fsp3) is 0.261. The van der Waals surface area contributed by atoms with E-state index in [2.05, 4.69) is 40.1 Å². The fourth-order valence-electron chi connectivity index (χ4n) is 4.10. The van der Waals surface area contributed by atoms with Crippen LogP contribution in [-0.4, -0.2) is 35.1 Å². The largest absolute Gasteiger partial charge is 0.422 e. The predicted octanol–water partition coefficient (Wildman–Crippen LogP) is 3.59. The third-order valence-electron chi connectivity index (χ3n) is 5.37. The van der Waals surface area contributed by atoms with E-state index in [1.54, 1.807) is 6.20 Å². The summed E-state index contributed by atoms with van der Waals surface area (Å²) in [6, 6.07) is 16.3. The zero-order valence-electron chi connectivity index (χ0n) is 16.4. The van der Waals surface area contributed by atoms with Gasteiger partial charge < -0.3 is 14.6 Å². The van der Waals surface area contributed by atoms with Crippen LogP contribution >= 0.6 is 0 Å². The minimum absolute atomic E-state index is 0.402. The average molecular weight is 386 g/mol. The topological polar surface area (TPSA) is 71.3 Å². The number of nitrogens with one attached hydrogen (secondary N) is 1. The predicted molar refractivity (Wildman–Crippen MR) is 115 cm³/mol. The molecule has 1 N–H and O–H groups in total. The van der Waals surface area contributed by atoms with Crippen molar-refractivity contribution in [3.8, 4) is 11.3 Å². The third-order valence-corrected chi connectivity index (χ3v) is 5.37. The molecule has 1 aliphatic rings. The third kappa shape index (κ3) is 3.36. The van der Waals surface area contributed by atoms with Crippen LogP contribution < -0.4 is 15.8 Å². The number of anilines is 1. The molecule has 2 aromatic carbocycles. The summed E-state index contributed by atoms with van der Waals surface area (Å²) in [6.07, 6.45) is 1.62. The van der Waals surface area contributed by atoms with Gasteiger partial charge in [-0.15, -0.1) is 0 Å². The molecule has 1 aliphatic heterocycles. The molecule has 0 saturated carbocycles. The van der Waals surface area contributed by atoms with Gasteiger partial charge in [0.05, 0.1) is 28.5 Å². The Bertz CT molecular complexity index is 1260. The second-order valence-corrected chi connectivity index (χ2v) is 7.79. The summed E-state index contributed by atoms with van der Waals surface area (Å²) in [5.74, 6) is 0. The molecule has 146 valence electrons. The van der Waals surface area contributed by atoms with Gasteiger partial charge >= 0.3 is 5.63 Å². The summed E-state index contributed by atoms with van der Waals surface area (Å²) in [4.78, 5) is 24.0. The van der Waals surface area contributed by atoms with Crippen LogP contribution in [0.2, 0.25) is 0 Å². The van der Waals surface area contributed by atoms with Gasteiger partial charge in [-0.05, 0) is 44.2 Å². The summed E-state index contributed by atoms with van der Waals surface area (Å²) in [6.45, 7) is 6.21. The van der Waals surface area contributed by atoms with Crippen LogP contribution in [0.3, 0.4) is 0 Å². The van der Waals surface area contributed by atoms with Gasteiger partial charge in [-0.1, -0.05) is 12.1 Å². The van der Waals surface area contributed by atoms with Gasteiger partial charge in [0.1, 0.15) is 5.58 Å². The van der Waals surface area contributed by atoms with Gasteiger partial charge in [0.25, 0.3) is 0 Å². The van der Waals surface area contributed by atoms with Crippen LogP contribution in [0.4, 0.5) is 5.69 Å². The highest BCUT2D eigenvalue weighted by atomic mass is 16.4. The highest BCUT2D eigenvalue weighted by Crippen LogP contribution is 2.26. The van der Waals surface area contributed by atoms with E-state index in [9.17, 15) is 4.79 Å². The molecule has 29 heavy (non-hydrogen) atoms. The number of para-hydroxylation sites is 2. The first-order valence-corrected chi connectivity index (χ1v) is 9.88. The van der Waals surface area contributed by atoms with Crippen molar-refractivity contribution >= 4 is 27.7 Å². The van der Waals surface area contributed by atoms with E-state index in [0.29, 0.717) is 28.9 Å². The zero-order valence-corrected chi connectivity index (χ0v) is 16.4. The lowest BCUT2D eigenvalue weighted by molar-refractivity contribution is 0.407. The Hall–Kier alpha value is -3.25. The van der Waals surface area contributed by atoms with E-state index < -0.39 is 5.63 Å². The molecule has 1 fully saturated rings. The lowest BCUT2D eigenvalue weighted by atomic mass is 10.1.